The van der Waals surface area contributed by atoms with Crippen LogP contribution in [0.15, 0.2) is 30.3 Å². The maximum Gasteiger partial charge on any atom is 0.172 e. The summed E-state index contributed by atoms with van der Waals surface area (Å²) >= 11 is 1.51. The van der Waals surface area contributed by atoms with Gasteiger partial charge in [-0.25, -0.2) is 4.98 Å². The smallest absolute Gasteiger partial charge is 0.172 e. The Morgan fingerprint density at radius 2 is 1.88 bits per heavy atom. The van der Waals surface area contributed by atoms with E-state index in [0.29, 0.717) is 5.92 Å². The van der Waals surface area contributed by atoms with Crippen LogP contribution in [0.4, 0.5) is 0 Å². The first-order valence-electron chi connectivity index (χ1n) is 5.66. The predicted molar refractivity (Wildman–Crippen MR) is 71.6 cm³/mol. The van der Waals surface area contributed by atoms with E-state index < -0.39 is 0 Å². The fraction of sp³-hybridized carbons (Fsp3) is 0.286. The van der Waals surface area contributed by atoms with Crippen LogP contribution in [0.2, 0.25) is 0 Å². The standard InChI is InChI=1S/C14H15NOS/c1-9(2)14-15-12(13(17-14)10(3)16)11-7-5-4-6-8-11/h4-9H,1-3H3. The van der Waals surface area contributed by atoms with Crippen LogP contribution in [0, 0.1) is 0 Å². The Bertz CT molecular complexity index is 528. The van der Waals surface area contributed by atoms with Crippen LogP contribution in [-0.4, -0.2) is 10.8 Å². The molecule has 0 radical (unpaired) electrons. The van der Waals surface area contributed by atoms with Crippen LogP contribution in [-0.2, 0) is 0 Å². The second-order valence-corrected chi connectivity index (χ2v) is 5.34. The molecule has 0 amide bonds. The second-order valence-electron chi connectivity index (χ2n) is 4.31. The average Bonchev–Trinajstić information content (AvgIpc) is 2.75. The highest BCUT2D eigenvalue weighted by molar-refractivity contribution is 7.14. The van der Waals surface area contributed by atoms with Gasteiger partial charge in [0, 0.05) is 18.4 Å². The lowest BCUT2D eigenvalue weighted by Crippen LogP contribution is -1.91. The molecule has 0 saturated carbocycles. The molecule has 1 aromatic heterocycles. The average molecular weight is 245 g/mol. The quantitative estimate of drug-likeness (QED) is 0.761. The van der Waals surface area contributed by atoms with Gasteiger partial charge in [0.2, 0.25) is 0 Å². The van der Waals surface area contributed by atoms with E-state index in [2.05, 4.69) is 18.8 Å². The molecule has 0 spiro atoms. The van der Waals surface area contributed by atoms with Crippen molar-refractivity contribution in [3.63, 3.8) is 0 Å². The Morgan fingerprint density at radius 1 is 1.24 bits per heavy atom. The Labute approximate surface area is 105 Å². The molecule has 1 aromatic carbocycles. The van der Waals surface area contributed by atoms with Gasteiger partial charge in [0.05, 0.1) is 15.6 Å². The second kappa shape index (κ2) is 4.80. The molecule has 3 heteroatoms. The molecular weight excluding hydrogens is 230 g/mol. The summed E-state index contributed by atoms with van der Waals surface area (Å²) in [6.07, 6.45) is 0. The van der Waals surface area contributed by atoms with E-state index in [9.17, 15) is 4.79 Å². The van der Waals surface area contributed by atoms with Crippen molar-refractivity contribution in [3.05, 3.63) is 40.2 Å². The summed E-state index contributed by atoms with van der Waals surface area (Å²) in [5.74, 6) is 0.448. The van der Waals surface area contributed by atoms with Gasteiger partial charge < -0.3 is 0 Å². The number of carbonyl (C=O) groups is 1. The van der Waals surface area contributed by atoms with Crippen molar-refractivity contribution in [2.45, 2.75) is 26.7 Å². The number of thiazole rings is 1. The van der Waals surface area contributed by atoms with Crippen molar-refractivity contribution in [3.8, 4) is 11.3 Å². The molecular formula is C14H15NOS. The fourth-order valence-corrected chi connectivity index (χ4v) is 2.60. The van der Waals surface area contributed by atoms with E-state index in [1.54, 1.807) is 6.92 Å². The first-order chi connectivity index (χ1) is 8.09. The van der Waals surface area contributed by atoms with Gasteiger partial charge in [-0.1, -0.05) is 44.2 Å². The summed E-state index contributed by atoms with van der Waals surface area (Å²) < 4.78 is 0. The van der Waals surface area contributed by atoms with Gasteiger partial charge in [0.1, 0.15) is 0 Å². The number of ketones is 1. The first-order valence-corrected chi connectivity index (χ1v) is 6.48. The van der Waals surface area contributed by atoms with Crippen molar-refractivity contribution in [1.29, 1.82) is 0 Å². The van der Waals surface area contributed by atoms with E-state index in [1.165, 1.54) is 11.3 Å². The first kappa shape index (κ1) is 12.0. The molecule has 2 nitrogen and oxygen atoms in total. The number of nitrogens with zero attached hydrogens (tertiary/aromatic N) is 1. The van der Waals surface area contributed by atoms with Crippen LogP contribution in [0.25, 0.3) is 11.3 Å². The van der Waals surface area contributed by atoms with Gasteiger partial charge in [0.25, 0.3) is 0 Å². The molecule has 2 aromatic rings. The van der Waals surface area contributed by atoms with Gasteiger partial charge >= 0.3 is 0 Å². The number of hydrogen-bond donors (Lipinski definition) is 0. The zero-order valence-corrected chi connectivity index (χ0v) is 11.0. The Hall–Kier alpha value is -1.48. The number of rotatable bonds is 3. The minimum atomic E-state index is 0.0910. The summed E-state index contributed by atoms with van der Waals surface area (Å²) in [6.45, 7) is 5.79. The highest BCUT2D eigenvalue weighted by Crippen LogP contribution is 2.31. The van der Waals surface area contributed by atoms with E-state index in [4.69, 9.17) is 0 Å². The van der Waals surface area contributed by atoms with Gasteiger partial charge in [0.15, 0.2) is 5.78 Å². The Balaban J connectivity index is 2.56. The van der Waals surface area contributed by atoms with Crippen molar-refractivity contribution in [1.82, 2.24) is 4.98 Å². The van der Waals surface area contributed by atoms with Crippen molar-refractivity contribution in [2.75, 3.05) is 0 Å². The van der Waals surface area contributed by atoms with E-state index in [-0.39, 0.29) is 5.78 Å². The lowest BCUT2D eigenvalue weighted by molar-refractivity contribution is 0.102. The molecule has 2 rings (SSSR count). The normalized spacial score (nSPS) is 10.8. The summed E-state index contributed by atoms with van der Waals surface area (Å²) in [5.41, 5.74) is 1.84. The van der Waals surface area contributed by atoms with Gasteiger partial charge in [-0.05, 0) is 0 Å². The minimum absolute atomic E-state index is 0.0910. The monoisotopic (exact) mass is 245 g/mol. The molecule has 0 aliphatic carbocycles. The molecule has 0 N–H and O–H groups in total. The lowest BCUT2D eigenvalue weighted by Gasteiger charge is -1.98. The SMILES string of the molecule is CC(=O)c1sc(C(C)C)nc1-c1ccccc1. The van der Waals surface area contributed by atoms with Gasteiger partial charge in [-0.3, -0.25) is 4.79 Å². The largest absolute Gasteiger partial charge is 0.294 e. The molecule has 0 saturated heterocycles. The van der Waals surface area contributed by atoms with Gasteiger partial charge in [-0.2, -0.15) is 0 Å². The third-order valence-corrected chi connectivity index (χ3v) is 3.96. The molecule has 17 heavy (non-hydrogen) atoms. The number of aromatic nitrogens is 1. The molecule has 0 fully saturated rings. The Kier molecular flexibility index (Phi) is 3.38. The van der Waals surface area contributed by atoms with Crippen LogP contribution < -0.4 is 0 Å². The molecule has 0 aliphatic heterocycles. The van der Waals surface area contributed by atoms with E-state index in [0.717, 1.165) is 21.1 Å². The third kappa shape index (κ3) is 2.44. The van der Waals surface area contributed by atoms with Crippen LogP contribution in [0.5, 0.6) is 0 Å². The highest BCUT2D eigenvalue weighted by atomic mass is 32.1. The van der Waals surface area contributed by atoms with Crippen molar-refractivity contribution in [2.24, 2.45) is 0 Å². The summed E-state index contributed by atoms with van der Waals surface area (Å²) in [4.78, 5) is 17.0. The third-order valence-electron chi connectivity index (χ3n) is 2.50. The fourth-order valence-electron chi connectivity index (χ4n) is 1.61. The predicted octanol–water partition coefficient (Wildman–Crippen LogP) is 4.14. The minimum Gasteiger partial charge on any atom is -0.294 e. The lowest BCUT2D eigenvalue weighted by atomic mass is 10.1. The molecule has 0 unspecified atom stereocenters. The molecule has 88 valence electrons. The van der Waals surface area contributed by atoms with Crippen molar-refractivity contribution < 1.29 is 4.79 Å². The van der Waals surface area contributed by atoms with Gasteiger partial charge in [-0.15, -0.1) is 11.3 Å². The van der Waals surface area contributed by atoms with E-state index >= 15 is 0 Å². The number of benzene rings is 1. The summed E-state index contributed by atoms with van der Waals surface area (Å²) in [6, 6.07) is 9.88. The number of Topliss-reactive ketones (excluding diaryl/α,β-unsaturated/α-hetero) is 1. The number of hydrogen-bond acceptors (Lipinski definition) is 3. The maximum atomic E-state index is 11.6. The Morgan fingerprint density at radius 3 is 2.41 bits per heavy atom. The summed E-state index contributed by atoms with van der Waals surface area (Å²) in [5, 5.41) is 1.02. The van der Waals surface area contributed by atoms with E-state index in [1.807, 2.05) is 30.3 Å². The summed E-state index contributed by atoms with van der Waals surface area (Å²) in [7, 11) is 0. The molecule has 0 aliphatic rings. The number of carbonyl (C=O) groups excluding carboxylic acids is 1. The van der Waals surface area contributed by atoms with Crippen LogP contribution in [0.1, 0.15) is 41.4 Å². The zero-order chi connectivity index (χ0) is 12.4. The maximum absolute atomic E-state index is 11.6. The topological polar surface area (TPSA) is 30.0 Å². The van der Waals surface area contributed by atoms with Crippen molar-refractivity contribution >= 4 is 17.1 Å². The van der Waals surface area contributed by atoms with Crippen LogP contribution >= 0.6 is 11.3 Å². The molecule has 0 atom stereocenters. The molecule has 1 heterocycles. The highest BCUT2D eigenvalue weighted by Gasteiger charge is 2.17. The zero-order valence-electron chi connectivity index (χ0n) is 10.2. The van der Waals surface area contributed by atoms with Crippen LogP contribution in [0.3, 0.4) is 0 Å². The molecule has 0 bridgehead atoms.